The molecule has 18 unspecified atom stereocenters. The molecule has 17 N–H and O–H groups in total. The zero-order chi connectivity index (χ0) is 95.5. The number of aliphatic hydroxyl groups excluding tert-OH is 2. The summed E-state index contributed by atoms with van der Waals surface area (Å²) in [6.07, 6.45) is -8.38. The summed E-state index contributed by atoms with van der Waals surface area (Å²) in [6.45, 7) is 19.2. The lowest BCUT2D eigenvalue weighted by Gasteiger charge is -2.36. The van der Waals surface area contributed by atoms with E-state index in [0.29, 0.717) is 24.2 Å². The molecular weight excluding hydrogens is 1660 g/mol. The zero-order valence-corrected chi connectivity index (χ0v) is 76.2. The van der Waals surface area contributed by atoms with Gasteiger partial charge in [-0.05, 0) is 133 Å². The minimum Gasteiger partial charge on any atom is -0.497 e. The van der Waals surface area contributed by atoms with E-state index >= 15 is 24.0 Å². The van der Waals surface area contributed by atoms with Gasteiger partial charge in [0.25, 0.3) is 5.91 Å². The van der Waals surface area contributed by atoms with Crippen molar-refractivity contribution in [3.63, 3.8) is 0 Å². The molecule has 15 amide bonds. The molecule has 127 heavy (non-hydrogen) atoms. The van der Waals surface area contributed by atoms with Crippen LogP contribution in [0.5, 0.6) is 5.75 Å². The average molecular weight is 1800 g/mol. The average Bonchev–Trinajstić information content (AvgIpc) is 1.70. The summed E-state index contributed by atoms with van der Waals surface area (Å²) >= 11 is 0. The number of esters is 3. The van der Waals surface area contributed by atoms with E-state index in [1.165, 1.54) is 40.0 Å². The van der Waals surface area contributed by atoms with Crippen LogP contribution in [0.3, 0.4) is 0 Å². The van der Waals surface area contributed by atoms with Crippen molar-refractivity contribution in [1.82, 2.24) is 56.8 Å². The van der Waals surface area contributed by atoms with Crippen LogP contribution in [0.15, 0.2) is 24.3 Å². The highest BCUT2D eigenvalue weighted by Gasteiger charge is 2.48. The molecule has 1 aromatic rings. The van der Waals surface area contributed by atoms with Gasteiger partial charge in [0, 0.05) is 59.3 Å². The number of methoxy groups -OCH3 is 1. The number of carbonyl (C=O) groups excluding carboxylic acids is 19. The number of primary amides is 4. The second kappa shape index (κ2) is 53.0. The van der Waals surface area contributed by atoms with Gasteiger partial charge in [0.2, 0.25) is 82.7 Å². The first-order valence-corrected chi connectivity index (χ1v) is 44.2. The van der Waals surface area contributed by atoms with E-state index in [-0.39, 0.29) is 70.4 Å². The fraction of sp³-hybridized carbons (Fsp3) is 0.713. The van der Waals surface area contributed by atoms with E-state index in [9.17, 15) is 77.3 Å². The van der Waals surface area contributed by atoms with E-state index in [2.05, 4.69) is 37.2 Å². The van der Waals surface area contributed by atoms with E-state index in [1.807, 2.05) is 20.8 Å². The summed E-state index contributed by atoms with van der Waals surface area (Å²) in [5.74, 6) is -21.7. The van der Waals surface area contributed by atoms with Gasteiger partial charge in [0.05, 0.1) is 44.1 Å². The lowest BCUT2D eigenvalue weighted by atomic mass is 9.91. The highest BCUT2D eigenvalue weighted by atomic mass is 16.6. The Hall–Kier alpha value is -10.9. The summed E-state index contributed by atoms with van der Waals surface area (Å²) in [5.41, 5.74) is 22.3. The molecule has 40 nitrogen and oxygen atoms in total. The van der Waals surface area contributed by atoms with E-state index in [0.717, 1.165) is 47.3 Å². The number of likely N-dealkylation sites (tertiary alicyclic amines) is 1. The first-order valence-electron chi connectivity index (χ1n) is 44.2. The predicted molar refractivity (Wildman–Crippen MR) is 459 cm³/mol. The van der Waals surface area contributed by atoms with Crippen molar-refractivity contribution in [3.8, 4) is 5.75 Å². The fourth-order valence-electron chi connectivity index (χ4n) is 15.4. The molecule has 0 radical (unpaired) electrons. The smallest absolute Gasteiger partial charge is 0.329 e. The van der Waals surface area contributed by atoms with Crippen LogP contribution in [0.4, 0.5) is 0 Å². The number of aliphatic hydroxyl groups is 2. The molecule has 3 fully saturated rings. The lowest BCUT2D eigenvalue weighted by Crippen LogP contribution is -2.62. The van der Waals surface area contributed by atoms with Crippen molar-refractivity contribution < 1.29 is 120 Å². The summed E-state index contributed by atoms with van der Waals surface area (Å²) in [4.78, 5) is 272. The molecule has 0 aliphatic carbocycles. The molecule has 3 aliphatic rings. The number of nitrogens with zero attached hydrogens (tertiary/aromatic N) is 4. The third-order valence-corrected chi connectivity index (χ3v) is 23.1. The molecule has 0 saturated carbocycles. The Morgan fingerprint density at radius 3 is 1.70 bits per heavy atom. The van der Waals surface area contributed by atoms with Crippen molar-refractivity contribution in [1.29, 1.82) is 0 Å². The molecule has 3 heterocycles. The van der Waals surface area contributed by atoms with Crippen molar-refractivity contribution in [3.05, 3.63) is 29.8 Å². The number of ketones is 1. The maximum atomic E-state index is 15.5. The van der Waals surface area contributed by atoms with Crippen molar-refractivity contribution in [2.24, 2.45) is 52.5 Å². The van der Waals surface area contributed by atoms with Crippen LogP contribution >= 0.6 is 0 Å². The van der Waals surface area contributed by atoms with Gasteiger partial charge in [-0.25, -0.2) is 9.59 Å². The molecule has 4 rings (SSSR count). The van der Waals surface area contributed by atoms with Gasteiger partial charge in [-0.3, -0.25) is 81.5 Å². The van der Waals surface area contributed by atoms with Gasteiger partial charge >= 0.3 is 17.9 Å². The van der Waals surface area contributed by atoms with Gasteiger partial charge < -0.3 is 109 Å². The summed E-state index contributed by atoms with van der Waals surface area (Å²) in [7, 11) is 4.05. The number of likely N-dealkylation sites (N-methyl/N-ethyl adjacent to an activating group) is 2. The van der Waals surface area contributed by atoms with Gasteiger partial charge in [0.1, 0.15) is 72.3 Å². The van der Waals surface area contributed by atoms with Crippen LogP contribution in [-0.2, 0) is 112 Å². The Kier molecular flexibility index (Phi) is 45.2. The molecule has 0 aromatic heterocycles. The Balaban J connectivity index is 1.74. The summed E-state index contributed by atoms with van der Waals surface area (Å²) in [5, 5.41) is 40.4. The number of hydrogen-bond donors (Lipinski definition) is 13. The number of rotatable bonds is 44. The number of fused-ring (bicyclic) bond motifs is 1. The monoisotopic (exact) mass is 1790 g/mol. The minimum absolute atomic E-state index is 0.0249. The fourth-order valence-corrected chi connectivity index (χ4v) is 15.4. The molecule has 1 aromatic carbocycles. The molecule has 18 atom stereocenters. The normalized spacial score (nSPS) is 22.6. The number of amides is 15. The largest absolute Gasteiger partial charge is 0.497 e. The van der Waals surface area contributed by atoms with E-state index in [1.54, 1.807) is 65.8 Å². The summed E-state index contributed by atoms with van der Waals surface area (Å²) < 4.78 is 23.0. The maximum absolute atomic E-state index is 15.5. The molecule has 3 saturated heterocycles. The second-order valence-corrected chi connectivity index (χ2v) is 34.7. The van der Waals surface area contributed by atoms with Crippen LogP contribution in [0.25, 0.3) is 0 Å². The van der Waals surface area contributed by atoms with Crippen molar-refractivity contribution in [2.45, 2.75) is 334 Å². The Morgan fingerprint density at radius 1 is 0.646 bits per heavy atom. The van der Waals surface area contributed by atoms with E-state index in [4.69, 9.17) is 41.9 Å². The van der Waals surface area contributed by atoms with Crippen LogP contribution in [0, 0.1) is 29.6 Å². The number of benzene rings is 1. The van der Waals surface area contributed by atoms with Crippen molar-refractivity contribution >= 4 is 112 Å². The third-order valence-electron chi connectivity index (χ3n) is 23.1. The van der Waals surface area contributed by atoms with Crippen LogP contribution in [0.2, 0.25) is 0 Å². The first kappa shape index (κ1) is 108. The van der Waals surface area contributed by atoms with E-state index < -0.39 is 297 Å². The predicted octanol–water partition coefficient (Wildman–Crippen LogP) is -0.0199. The number of Topliss-reactive ketones (excluding diaryl/α,β-unsaturated/α-hetero) is 1. The summed E-state index contributed by atoms with van der Waals surface area (Å²) in [6, 6.07) is -10.7. The van der Waals surface area contributed by atoms with Crippen molar-refractivity contribution in [2.75, 3.05) is 34.3 Å². The molecule has 0 bridgehead atoms. The van der Waals surface area contributed by atoms with Gasteiger partial charge in [-0.1, -0.05) is 113 Å². The van der Waals surface area contributed by atoms with Crippen LogP contribution in [-0.4, -0.2) is 273 Å². The molecule has 712 valence electrons. The standard InChI is InChI=1S/C87H139N15O25/c1-16-18-19-20-21-24-54(103)44-70(109)92-56(31-35-66(88)105)77(113)93-57(32-36-67(89)106)78(114)94-58(33-37-68(90)107)79(115)95-59(34-38-69(91)108)86(122)126-52(12)82(118)101-39-22-25-61(101)84(120)99(13)63(42-47(5)6)80(116)98-73-51(11)125-87(123)64(43-53-27-29-55(124-15)30-28-53)100(14)85(121)62-26-23-40-102(62)83(119)60(41-46(3)4)96-76(112)50(10)74(111)75(48(7)8)127-71(110)45-65(104)72(49(9)17-2)97-81(73)117/h27-30,46-52,54,56-65,72-73,75,103-104H,16-26,31-45H2,1-15H3,(H2,88,105)(H2,89,106)(H2,90,107)(H2,91,108)(H,92,109)(H,93,113)(H,94,114)(H,95,115)(H,96,112)(H,97,117)(H,98,116). The molecule has 0 spiro atoms. The SMILES string of the molecule is CCCCCCCC(O)CC(=O)NC(CCC(N)=O)C(=O)NC(CCC(N)=O)C(=O)NC(CCC(N)=O)C(=O)NC(CCC(N)=O)C(=O)OC(C)C(=O)N1CCCC1C(=O)N(C)C(CC(C)C)C(=O)NC1C(=O)NC(C(C)CC)C(O)CC(=O)OC(C(C)C)C(=O)C(C)C(=O)NC(CC(C)C)C(=O)N2CCCC2C(=O)N(C)C(Cc2ccc(OC)cc2)C(=O)OC1C. The highest BCUT2D eigenvalue weighted by Crippen LogP contribution is 2.29. The van der Waals surface area contributed by atoms with Crippen LogP contribution in [0.1, 0.15) is 236 Å². The lowest BCUT2D eigenvalue weighted by molar-refractivity contribution is -0.163. The Bertz CT molecular complexity index is 3980. The number of nitrogens with two attached hydrogens (primary N) is 4. The minimum atomic E-state index is -1.95. The second-order valence-electron chi connectivity index (χ2n) is 34.7. The molecule has 3 aliphatic heterocycles. The number of ether oxygens (including phenoxy) is 4. The van der Waals surface area contributed by atoms with Crippen LogP contribution < -0.4 is 64.9 Å². The maximum Gasteiger partial charge on any atom is 0.329 e. The van der Waals surface area contributed by atoms with Gasteiger partial charge in [-0.15, -0.1) is 0 Å². The number of unbranched alkanes of at least 4 members (excludes halogenated alkanes) is 4. The third kappa shape index (κ3) is 34.6. The Morgan fingerprint density at radius 2 is 1.18 bits per heavy atom. The highest BCUT2D eigenvalue weighted by molar-refractivity contribution is 6.05. The number of hydrogen-bond acceptors (Lipinski definition) is 25. The van der Waals surface area contributed by atoms with Gasteiger partial charge in [0.15, 0.2) is 18.0 Å². The number of cyclic esters (lactones) is 2. The molecular formula is C87H139N15O25. The molecule has 40 heteroatoms. The topological polar surface area (TPSA) is 603 Å². The zero-order valence-electron chi connectivity index (χ0n) is 76.2. The number of nitrogens with one attached hydrogen (secondary N) is 7. The number of carbonyl (C=O) groups is 19. The first-order chi connectivity index (χ1) is 59.7. The van der Waals surface area contributed by atoms with Gasteiger partial charge in [-0.2, -0.15) is 0 Å². The quantitative estimate of drug-likeness (QED) is 0.0177. The Labute approximate surface area is 742 Å².